The van der Waals surface area contributed by atoms with E-state index in [1.54, 1.807) is 47.5 Å². The normalized spacial score (nSPS) is 23.0. The molecule has 2 fully saturated rings. The Hall–Kier alpha value is -3.98. The van der Waals surface area contributed by atoms with Crippen molar-refractivity contribution in [1.29, 1.82) is 0 Å². The molecule has 1 aromatic heterocycles. The van der Waals surface area contributed by atoms with E-state index in [4.69, 9.17) is 0 Å². The molecular formula is C28H24F2N4O3. The number of benzene rings is 2. The summed E-state index contributed by atoms with van der Waals surface area (Å²) < 4.78 is 28.9. The number of carbonyl (C=O) groups excluding carboxylic acids is 3. The number of imide groups is 1. The molecule has 4 heterocycles. The quantitative estimate of drug-likeness (QED) is 0.538. The van der Waals surface area contributed by atoms with Gasteiger partial charge in [-0.15, -0.1) is 0 Å². The average molecular weight is 503 g/mol. The van der Waals surface area contributed by atoms with Crippen molar-refractivity contribution in [3.05, 3.63) is 89.1 Å². The summed E-state index contributed by atoms with van der Waals surface area (Å²) in [4.78, 5) is 44.5. The maximum atomic E-state index is 14.4. The van der Waals surface area contributed by atoms with Gasteiger partial charge in [-0.25, -0.2) is 8.78 Å². The largest absolute Gasteiger partial charge is 0.322 e. The third-order valence-corrected chi connectivity index (χ3v) is 7.32. The van der Waals surface area contributed by atoms with E-state index in [9.17, 15) is 23.2 Å². The van der Waals surface area contributed by atoms with Gasteiger partial charge in [-0.1, -0.05) is 36.4 Å². The molecule has 2 atom stereocenters. The fourth-order valence-corrected chi connectivity index (χ4v) is 5.54. The number of halogens is 2. The van der Waals surface area contributed by atoms with E-state index in [0.717, 1.165) is 16.7 Å². The Balaban J connectivity index is 1.21. The number of fused-ring (bicyclic) bond motifs is 1. The van der Waals surface area contributed by atoms with Crippen molar-refractivity contribution in [3.8, 4) is 11.3 Å². The van der Waals surface area contributed by atoms with Gasteiger partial charge < -0.3 is 4.90 Å². The van der Waals surface area contributed by atoms with Gasteiger partial charge in [0.25, 0.3) is 11.8 Å². The minimum atomic E-state index is -2.78. The highest BCUT2D eigenvalue weighted by molar-refractivity contribution is 6.05. The van der Waals surface area contributed by atoms with Crippen LogP contribution in [0.4, 0.5) is 8.78 Å². The van der Waals surface area contributed by atoms with Crippen LogP contribution in [-0.4, -0.2) is 51.0 Å². The number of rotatable bonds is 5. The molecule has 2 aromatic carbocycles. The number of alkyl halides is 2. The lowest BCUT2D eigenvalue weighted by atomic mass is 9.90. The van der Waals surface area contributed by atoms with Crippen molar-refractivity contribution >= 4 is 17.7 Å². The van der Waals surface area contributed by atoms with Gasteiger partial charge in [0.1, 0.15) is 12.1 Å². The Labute approximate surface area is 212 Å². The predicted molar refractivity (Wildman–Crippen MR) is 130 cm³/mol. The van der Waals surface area contributed by atoms with E-state index in [1.807, 2.05) is 24.3 Å². The first-order chi connectivity index (χ1) is 17.8. The van der Waals surface area contributed by atoms with Gasteiger partial charge >= 0.3 is 0 Å². The second-order valence-electron chi connectivity index (χ2n) is 9.80. The van der Waals surface area contributed by atoms with Crippen LogP contribution in [0.5, 0.6) is 0 Å². The fraction of sp³-hybridized carbons (Fsp3) is 0.286. The number of pyridine rings is 1. The number of hydrogen-bond acceptors (Lipinski definition) is 5. The van der Waals surface area contributed by atoms with Crippen LogP contribution in [0.3, 0.4) is 0 Å². The van der Waals surface area contributed by atoms with E-state index in [2.05, 4.69) is 10.3 Å². The average Bonchev–Trinajstić information content (AvgIpc) is 3.19. The molecule has 6 rings (SSSR count). The fourth-order valence-electron chi connectivity index (χ4n) is 5.54. The summed E-state index contributed by atoms with van der Waals surface area (Å²) in [6.07, 6.45) is 2.17. The van der Waals surface area contributed by atoms with E-state index in [1.165, 1.54) is 4.90 Å². The molecule has 0 aliphatic carbocycles. The van der Waals surface area contributed by atoms with Crippen LogP contribution in [0.1, 0.15) is 45.9 Å². The SMILES string of the molecule is O=C1CCC(N2Cc3cc(-c4cc(CN5CC(F)(F)C5c5ccccc5)ccn4)ccc3C2=O)C(=O)N1. The number of piperidine rings is 1. The summed E-state index contributed by atoms with van der Waals surface area (Å²) >= 11 is 0. The Morgan fingerprint density at radius 3 is 2.59 bits per heavy atom. The second-order valence-corrected chi connectivity index (χ2v) is 9.80. The molecule has 3 aliphatic heterocycles. The predicted octanol–water partition coefficient (Wildman–Crippen LogP) is 3.70. The van der Waals surface area contributed by atoms with Gasteiger partial charge in [-0.3, -0.25) is 29.6 Å². The molecule has 0 radical (unpaired) electrons. The van der Waals surface area contributed by atoms with Crippen molar-refractivity contribution < 1.29 is 23.2 Å². The molecule has 3 aromatic rings. The number of nitrogens with zero attached hydrogens (tertiary/aromatic N) is 3. The Morgan fingerprint density at radius 1 is 1.03 bits per heavy atom. The van der Waals surface area contributed by atoms with Crippen LogP contribution in [0.25, 0.3) is 11.3 Å². The molecule has 7 nitrogen and oxygen atoms in total. The highest BCUT2D eigenvalue weighted by Gasteiger charge is 2.55. The molecule has 9 heteroatoms. The molecule has 3 aliphatic rings. The topological polar surface area (TPSA) is 82.6 Å². The van der Waals surface area contributed by atoms with Crippen molar-refractivity contribution in [2.75, 3.05) is 6.54 Å². The van der Waals surface area contributed by atoms with Crippen LogP contribution in [0.2, 0.25) is 0 Å². The molecule has 37 heavy (non-hydrogen) atoms. The Bertz CT molecular complexity index is 1410. The first-order valence-corrected chi connectivity index (χ1v) is 12.2. The molecule has 3 amide bonds. The van der Waals surface area contributed by atoms with Crippen LogP contribution in [0, 0.1) is 0 Å². The van der Waals surface area contributed by atoms with Crippen molar-refractivity contribution in [2.45, 2.75) is 43.9 Å². The van der Waals surface area contributed by atoms with E-state index >= 15 is 0 Å². The standard InChI is InChI=1S/C28H24F2N4O3/c29-28(30)16-33(25(28)18-4-2-1-3-5-18)14-17-10-11-31-22(12-17)19-6-7-21-20(13-19)15-34(27(21)37)23-8-9-24(35)32-26(23)36/h1-7,10-13,23,25H,8-9,14-16H2,(H,32,35,36). The maximum Gasteiger partial charge on any atom is 0.279 e. The van der Waals surface area contributed by atoms with Gasteiger partial charge in [0.2, 0.25) is 11.8 Å². The zero-order valence-electron chi connectivity index (χ0n) is 19.9. The van der Waals surface area contributed by atoms with Gasteiger partial charge in [0.05, 0.1) is 12.2 Å². The third kappa shape index (κ3) is 4.19. The molecule has 2 saturated heterocycles. The summed E-state index contributed by atoms with van der Waals surface area (Å²) in [6, 6.07) is 16.3. The summed E-state index contributed by atoms with van der Waals surface area (Å²) in [5.41, 5.74) is 4.24. The van der Waals surface area contributed by atoms with Gasteiger partial charge in [-0.2, -0.15) is 0 Å². The lowest BCUT2D eigenvalue weighted by Crippen LogP contribution is -2.58. The molecule has 0 spiro atoms. The molecule has 0 bridgehead atoms. The maximum absolute atomic E-state index is 14.4. The molecule has 188 valence electrons. The first-order valence-electron chi connectivity index (χ1n) is 12.2. The Morgan fingerprint density at radius 2 is 1.84 bits per heavy atom. The molecule has 0 saturated carbocycles. The minimum absolute atomic E-state index is 0.201. The number of likely N-dealkylation sites (tertiary alicyclic amines) is 1. The number of nitrogens with one attached hydrogen (secondary N) is 1. The number of amides is 3. The zero-order chi connectivity index (χ0) is 25.7. The second kappa shape index (κ2) is 8.85. The highest BCUT2D eigenvalue weighted by atomic mass is 19.3. The van der Waals surface area contributed by atoms with Gasteiger partial charge in [0.15, 0.2) is 0 Å². The number of carbonyl (C=O) groups is 3. The zero-order valence-corrected chi connectivity index (χ0v) is 19.9. The monoisotopic (exact) mass is 502 g/mol. The molecule has 1 N–H and O–H groups in total. The van der Waals surface area contributed by atoms with Crippen molar-refractivity contribution in [3.63, 3.8) is 0 Å². The molecular weight excluding hydrogens is 478 g/mol. The molecule has 2 unspecified atom stereocenters. The number of aromatic nitrogens is 1. The third-order valence-electron chi connectivity index (χ3n) is 7.32. The van der Waals surface area contributed by atoms with Gasteiger partial charge in [-0.05, 0) is 47.4 Å². The Kier molecular flexibility index (Phi) is 5.60. The van der Waals surface area contributed by atoms with Crippen LogP contribution < -0.4 is 5.32 Å². The van der Waals surface area contributed by atoms with E-state index < -0.39 is 23.9 Å². The van der Waals surface area contributed by atoms with Crippen LogP contribution >= 0.6 is 0 Å². The summed E-state index contributed by atoms with van der Waals surface area (Å²) in [6.45, 7) is 0.328. The van der Waals surface area contributed by atoms with Crippen molar-refractivity contribution in [1.82, 2.24) is 20.1 Å². The van der Waals surface area contributed by atoms with Crippen LogP contribution in [-0.2, 0) is 22.7 Å². The van der Waals surface area contributed by atoms with E-state index in [0.29, 0.717) is 29.8 Å². The smallest absolute Gasteiger partial charge is 0.279 e. The summed E-state index contributed by atoms with van der Waals surface area (Å²) in [5, 5.41) is 2.31. The lowest BCUT2D eigenvalue weighted by molar-refractivity contribution is -0.190. The van der Waals surface area contributed by atoms with Gasteiger partial charge in [0, 0.05) is 36.8 Å². The first kappa shape index (κ1) is 23.4. The summed E-state index contributed by atoms with van der Waals surface area (Å²) in [5.74, 6) is -3.78. The minimum Gasteiger partial charge on any atom is -0.322 e. The van der Waals surface area contributed by atoms with E-state index in [-0.39, 0.29) is 31.3 Å². The lowest BCUT2D eigenvalue weighted by Gasteiger charge is -2.48. The number of hydrogen-bond donors (Lipinski definition) is 1. The summed E-state index contributed by atoms with van der Waals surface area (Å²) in [7, 11) is 0. The van der Waals surface area contributed by atoms with Crippen molar-refractivity contribution in [2.24, 2.45) is 0 Å². The van der Waals surface area contributed by atoms with Crippen LogP contribution in [0.15, 0.2) is 66.9 Å². The highest BCUT2D eigenvalue weighted by Crippen LogP contribution is 2.46.